The van der Waals surface area contributed by atoms with Crippen LogP contribution in [0.25, 0.3) is 0 Å². The van der Waals surface area contributed by atoms with Gasteiger partial charge in [0, 0.05) is 12.7 Å². The van der Waals surface area contributed by atoms with Crippen molar-refractivity contribution in [2.24, 2.45) is 0 Å². The van der Waals surface area contributed by atoms with Gasteiger partial charge in [0.05, 0.1) is 30.9 Å². The molecule has 1 aliphatic rings. The van der Waals surface area contributed by atoms with Crippen LogP contribution in [0.4, 0.5) is 5.82 Å². The number of rotatable bonds is 3. The van der Waals surface area contributed by atoms with Gasteiger partial charge < -0.3 is 14.7 Å². The summed E-state index contributed by atoms with van der Waals surface area (Å²) in [5.74, 6) is 0.836. The molecule has 96 valence electrons. The fourth-order valence-corrected chi connectivity index (χ4v) is 2.17. The topological polar surface area (TPSA) is 69.4 Å². The summed E-state index contributed by atoms with van der Waals surface area (Å²) in [4.78, 5) is 6.43. The van der Waals surface area contributed by atoms with Gasteiger partial charge in [-0.25, -0.2) is 4.98 Å². The maximum absolute atomic E-state index is 9.51. The number of aliphatic hydroxyl groups is 1. The fourth-order valence-electron chi connectivity index (χ4n) is 2.17. The molecule has 5 nitrogen and oxygen atoms in total. The molecule has 1 aromatic rings. The zero-order valence-electron chi connectivity index (χ0n) is 10.4. The summed E-state index contributed by atoms with van der Waals surface area (Å²) in [6.45, 7) is 3.81. The first-order valence-corrected chi connectivity index (χ1v) is 6.09. The van der Waals surface area contributed by atoms with Crippen LogP contribution in [0.1, 0.15) is 18.9 Å². The van der Waals surface area contributed by atoms with E-state index in [2.05, 4.69) is 16.0 Å². The third kappa shape index (κ3) is 2.97. The summed E-state index contributed by atoms with van der Waals surface area (Å²) >= 11 is 0. The summed E-state index contributed by atoms with van der Waals surface area (Å²) in [6.07, 6.45) is 1.86. The highest BCUT2D eigenvalue weighted by molar-refractivity contribution is 5.43. The van der Waals surface area contributed by atoms with Gasteiger partial charge in [-0.15, -0.1) is 0 Å². The van der Waals surface area contributed by atoms with E-state index < -0.39 is 0 Å². The minimum Gasteiger partial charge on any atom is -0.393 e. The summed E-state index contributed by atoms with van der Waals surface area (Å²) < 4.78 is 5.45. The number of nitrogens with zero attached hydrogens (tertiary/aromatic N) is 3. The summed E-state index contributed by atoms with van der Waals surface area (Å²) in [7, 11) is 0. The number of morpholine rings is 1. The lowest BCUT2D eigenvalue weighted by atomic mass is 10.1. The molecular weight excluding hydrogens is 230 g/mol. The van der Waals surface area contributed by atoms with Gasteiger partial charge in [-0.3, -0.25) is 0 Å². The van der Waals surface area contributed by atoms with Crippen LogP contribution in [0.2, 0.25) is 0 Å². The average Bonchev–Trinajstić information content (AvgIpc) is 2.39. The van der Waals surface area contributed by atoms with Gasteiger partial charge in [0.2, 0.25) is 0 Å². The lowest BCUT2D eigenvalue weighted by Crippen LogP contribution is -2.47. The Kier molecular flexibility index (Phi) is 4.13. The summed E-state index contributed by atoms with van der Waals surface area (Å²) in [6, 6.07) is 5.80. The van der Waals surface area contributed by atoms with Crippen LogP contribution < -0.4 is 4.90 Å². The molecule has 2 atom stereocenters. The molecule has 0 amide bonds. The number of aliphatic hydroxyl groups excluding tert-OH is 1. The van der Waals surface area contributed by atoms with Gasteiger partial charge in [0.25, 0.3) is 0 Å². The van der Waals surface area contributed by atoms with Crippen LogP contribution in [0, 0.1) is 11.3 Å². The Morgan fingerprint density at radius 3 is 3.11 bits per heavy atom. The Hall–Kier alpha value is -1.64. The van der Waals surface area contributed by atoms with Gasteiger partial charge in [0.15, 0.2) is 0 Å². The standard InChI is InChI=1S/C13H17N3O2/c1-10(17)6-12-9-18-5-4-16(12)13-3-2-11(7-14)8-15-13/h2-3,8,10,12,17H,4-6,9H2,1H3. The van der Waals surface area contributed by atoms with Crippen LogP contribution in [0.5, 0.6) is 0 Å². The quantitative estimate of drug-likeness (QED) is 0.860. The lowest BCUT2D eigenvalue weighted by molar-refractivity contribution is 0.0718. The molecule has 1 aliphatic heterocycles. The molecule has 2 rings (SSSR count). The molecule has 0 saturated carbocycles. The number of aromatic nitrogens is 1. The van der Waals surface area contributed by atoms with E-state index in [0.717, 1.165) is 12.4 Å². The Balaban J connectivity index is 2.14. The van der Waals surface area contributed by atoms with Gasteiger partial charge in [-0.2, -0.15) is 5.26 Å². The molecule has 0 aliphatic carbocycles. The monoisotopic (exact) mass is 247 g/mol. The third-order valence-electron chi connectivity index (χ3n) is 3.01. The van der Waals surface area contributed by atoms with Crippen molar-refractivity contribution in [3.63, 3.8) is 0 Å². The molecule has 2 unspecified atom stereocenters. The molecule has 1 aromatic heterocycles. The zero-order valence-corrected chi connectivity index (χ0v) is 10.4. The number of hydrogen-bond acceptors (Lipinski definition) is 5. The van der Waals surface area contributed by atoms with Crippen molar-refractivity contribution in [1.29, 1.82) is 5.26 Å². The Morgan fingerprint density at radius 1 is 1.67 bits per heavy atom. The van der Waals surface area contributed by atoms with Crippen molar-refractivity contribution in [3.05, 3.63) is 23.9 Å². The first kappa shape index (κ1) is 12.8. The van der Waals surface area contributed by atoms with E-state index in [9.17, 15) is 5.11 Å². The molecule has 0 spiro atoms. The van der Waals surface area contributed by atoms with Gasteiger partial charge >= 0.3 is 0 Å². The van der Waals surface area contributed by atoms with E-state index in [1.807, 2.05) is 6.07 Å². The predicted molar refractivity (Wildman–Crippen MR) is 67.2 cm³/mol. The van der Waals surface area contributed by atoms with Crippen molar-refractivity contribution >= 4 is 5.82 Å². The van der Waals surface area contributed by atoms with E-state index in [1.165, 1.54) is 0 Å². The molecule has 1 fully saturated rings. The van der Waals surface area contributed by atoms with Crippen molar-refractivity contribution in [3.8, 4) is 6.07 Å². The van der Waals surface area contributed by atoms with Crippen molar-refractivity contribution in [2.75, 3.05) is 24.7 Å². The van der Waals surface area contributed by atoms with Crippen LogP contribution in [-0.2, 0) is 4.74 Å². The normalized spacial score (nSPS) is 21.4. The molecule has 1 N–H and O–H groups in total. The van der Waals surface area contributed by atoms with E-state index in [1.54, 1.807) is 19.2 Å². The van der Waals surface area contributed by atoms with E-state index in [0.29, 0.717) is 25.2 Å². The smallest absolute Gasteiger partial charge is 0.128 e. The maximum atomic E-state index is 9.51. The molecule has 0 radical (unpaired) electrons. The number of ether oxygens (including phenoxy) is 1. The zero-order chi connectivity index (χ0) is 13.0. The molecule has 18 heavy (non-hydrogen) atoms. The molecule has 0 bridgehead atoms. The predicted octanol–water partition coefficient (Wildman–Crippen LogP) is 0.929. The number of nitriles is 1. The third-order valence-corrected chi connectivity index (χ3v) is 3.01. The highest BCUT2D eigenvalue weighted by Gasteiger charge is 2.25. The largest absolute Gasteiger partial charge is 0.393 e. The highest BCUT2D eigenvalue weighted by atomic mass is 16.5. The second kappa shape index (κ2) is 5.80. The maximum Gasteiger partial charge on any atom is 0.128 e. The molecule has 2 heterocycles. The van der Waals surface area contributed by atoms with Crippen molar-refractivity contribution in [2.45, 2.75) is 25.5 Å². The number of pyridine rings is 1. The molecule has 5 heteroatoms. The number of hydrogen-bond donors (Lipinski definition) is 1. The fraction of sp³-hybridized carbons (Fsp3) is 0.538. The molecule has 1 saturated heterocycles. The Bertz CT molecular complexity index is 425. The van der Waals surface area contributed by atoms with Crippen molar-refractivity contribution in [1.82, 2.24) is 4.98 Å². The molecular formula is C13H17N3O2. The van der Waals surface area contributed by atoms with Crippen LogP contribution >= 0.6 is 0 Å². The molecule has 0 aromatic carbocycles. The first-order valence-electron chi connectivity index (χ1n) is 6.09. The van der Waals surface area contributed by atoms with Crippen LogP contribution in [0.15, 0.2) is 18.3 Å². The number of anilines is 1. The minimum absolute atomic E-state index is 0.138. The van der Waals surface area contributed by atoms with Crippen molar-refractivity contribution < 1.29 is 9.84 Å². The highest BCUT2D eigenvalue weighted by Crippen LogP contribution is 2.20. The van der Waals surface area contributed by atoms with E-state index >= 15 is 0 Å². The van der Waals surface area contributed by atoms with E-state index in [4.69, 9.17) is 10.00 Å². The Morgan fingerprint density at radius 2 is 2.50 bits per heavy atom. The average molecular weight is 247 g/mol. The first-order chi connectivity index (χ1) is 8.70. The van der Waals surface area contributed by atoms with Gasteiger partial charge in [0.1, 0.15) is 11.9 Å². The van der Waals surface area contributed by atoms with E-state index in [-0.39, 0.29) is 12.1 Å². The SMILES string of the molecule is CC(O)CC1COCCN1c1ccc(C#N)cn1. The Labute approximate surface area is 107 Å². The van der Waals surface area contributed by atoms with Gasteiger partial charge in [-0.1, -0.05) is 0 Å². The summed E-state index contributed by atoms with van der Waals surface area (Å²) in [5.41, 5.74) is 0.555. The summed E-state index contributed by atoms with van der Waals surface area (Å²) in [5, 5.41) is 18.3. The van der Waals surface area contributed by atoms with Gasteiger partial charge in [-0.05, 0) is 25.5 Å². The second-order valence-corrected chi connectivity index (χ2v) is 4.52. The second-order valence-electron chi connectivity index (χ2n) is 4.52. The van der Waals surface area contributed by atoms with Crippen LogP contribution in [-0.4, -0.2) is 42.0 Å². The lowest BCUT2D eigenvalue weighted by Gasteiger charge is -2.37. The van der Waals surface area contributed by atoms with Crippen LogP contribution in [0.3, 0.4) is 0 Å². The minimum atomic E-state index is -0.363.